The summed E-state index contributed by atoms with van der Waals surface area (Å²) in [6, 6.07) is 6.21. The Labute approximate surface area is 83.3 Å². The molecule has 0 aliphatic carbocycles. The van der Waals surface area contributed by atoms with Crippen molar-refractivity contribution in [3.63, 3.8) is 0 Å². The topological polar surface area (TPSA) is 54.4 Å². The molecule has 0 aliphatic heterocycles. The number of rotatable bonds is 1. The lowest BCUT2D eigenvalue weighted by Gasteiger charge is -1.96. The van der Waals surface area contributed by atoms with Crippen molar-refractivity contribution in [3.8, 4) is 11.8 Å². The molecule has 0 aliphatic rings. The van der Waals surface area contributed by atoms with Crippen LogP contribution in [0.15, 0.2) is 29.2 Å². The zero-order valence-corrected chi connectivity index (χ0v) is 8.50. The number of aliphatic hydroxyl groups is 1. The highest BCUT2D eigenvalue weighted by molar-refractivity contribution is 7.90. The predicted molar refractivity (Wildman–Crippen MR) is 53.5 cm³/mol. The molecule has 0 fully saturated rings. The van der Waals surface area contributed by atoms with Crippen LogP contribution >= 0.6 is 0 Å². The zero-order chi connectivity index (χ0) is 10.6. The Kier molecular flexibility index (Phi) is 3.28. The van der Waals surface area contributed by atoms with Crippen LogP contribution in [0.3, 0.4) is 0 Å². The summed E-state index contributed by atoms with van der Waals surface area (Å²) >= 11 is 0. The Morgan fingerprint density at radius 2 is 1.86 bits per heavy atom. The zero-order valence-electron chi connectivity index (χ0n) is 7.69. The van der Waals surface area contributed by atoms with Gasteiger partial charge in [-0.15, -0.1) is 0 Å². The maximum absolute atomic E-state index is 11.1. The molecule has 0 spiro atoms. The van der Waals surface area contributed by atoms with Gasteiger partial charge in [-0.3, -0.25) is 0 Å². The lowest BCUT2D eigenvalue weighted by atomic mass is 10.2. The number of sulfone groups is 1. The molecular weight excluding hydrogens is 200 g/mol. The number of aliphatic hydroxyl groups excluding tert-OH is 1. The molecule has 14 heavy (non-hydrogen) atoms. The minimum Gasteiger partial charge on any atom is -0.384 e. The van der Waals surface area contributed by atoms with Gasteiger partial charge in [-0.2, -0.15) is 0 Å². The summed E-state index contributed by atoms with van der Waals surface area (Å²) in [4.78, 5) is 0.270. The molecule has 74 valence electrons. The second-order valence-corrected chi connectivity index (χ2v) is 4.77. The average Bonchev–Trinajstić information content (AvgIpc) is 2.14. The normalized spacial score (nSPS) is 10.4. The van der Waals surface area contributed by atoms with Crippen molar-refractivity contribution < 1.29 is 13.5 Å². The largest absolute Gasteiger partial charge is 0.384 e. The average molecular weight is 210 g/mol. The van der Waals surface area contributed by atoms with E-state index in [1.165, 1.54) is 12.1 Å². The van der Waals surface area contributed by atoms with E-state index in [1.807, 2.05) is 0 Å². The monoisotopic (exact) mass is 210 g/mol. The van der Waals surface area contributed by atoms with Crippen LogP contribution in [0.2, 0.25) is 0 Å². The number of hydrogen-bond donors (Lipinski definition) is 1. The maximum Gasteiger partial charge on any atom is 0.175 e. The van der Waals surface area contributed by atoms with E-state index in [0.717, 1.165) is 6.26 Å². The van der Waals surface area contributed by atoms with Gasteiger partial charge >= 0.3 is 0 Å². The highest BCUT2D eigenvalue weighted by atomic mass is 32.2. The molecule has 1 N–H and O–H groups in total. The molecule has 1 aromatic rings. The highest BCUT2D eigenvalue weighted by Crippen LogP contribution is 2.09. The fourth-order valence-corrected chi connectivity index (χ4v) is 1.56. The quantitative estimate of drug-likeness (QED) is 0.684. The van der Waals surface area contributed by atoms with Crippen LogP contribution in [0.5, 0.6) is 0 Å². The smallest absolute Gasteiger partial charge is 0.175 e. The number of hydrogen-bond acceptors (Lipinski definition) is 3. The van der Waals surface area contributed by atoms with E-state index in [2.05, 4.69) is 11.8 Å². The van der Waals surface area contributed by atoms with Crippen LogP contribution in [-0.2, 0) is 9.84 Å². The van der Waals surface area contributed by atoms with Crippen molar-refractivity contribution >= 4 is 9.84 Å². The third-order valence-electron chi connectivity index (χ3n) is 1.59. The van der Waals surface area contributed by atoms with Gasteiger partial charge in [0.2, 0.25) is 0 Å². The molecule has 0 radical (unpaired) electrons. The van der Waals surface area contributed by atoms with Crippen LogP contribution in [0.4, 0.5) is 0 Å². The molecular formula is C10H10O3S. The summed E-state index contributed by atoms with van der Waals surface area (Å²) in [5, 5.41) is 8.44. The summed E-state index contributed by atoms with van der Waals surface area (Å²) in [5.41, 5.74) is 0.687. The van der Waals surface area contributed by atoms with Crippen LogP contribution in [-0.4, -0.2) is 26.4 Å². The lowest BCUT2D eigenvalue weighted by molar-refractivity contribution is 0.350. The van der Waals surface area contributed by atoms with Gasteiger partial charge in [0.05, 0.1) is 4.90 Å². The summed E-state index contributed by atoms with van der Waals surface area (Å²) in [6.45, 7) is -0.201. The SMILES string of the molecule is CS(=O)(=O)c1ccc(C#CCO)cc1. The van der Waals surface area contributed by atoms with Gasteiger partial charge in [0.1, 0.15) is 6.61 Å². The van der Waals surface area contributed by atoms with Gasteiger partial charge in [-0.05, 0) is 24.3 Å². The third-order valence-corrected chi connectivity index (χ3v) is 2.72. The molecule has 3 nitrogen and oxygen atoms in total. The van der Waals surface area contributed by atoms with E-state index in [9.17, 15) is 8.42 Å². The molecule has 1 aromatic carbocycles. The van der Waals surface area contributed by atoms with Crippen molar-refractivity contribution in [1.82, 2.24) is 0 Å². The molecule has 0 atom stereocenters. The summed E-state index contributed by atoms with van der Waals surface area (Å²) < 4.78 is 22.2. The third kappa shape index (κ3) is 2.87. The van der Waals surface area contributed by atoms with Crippen LogP contribution in [0, 0.1) is 11.8 Å². The Balaban J connectivity index is 3.01. The fraction of sp³-hybridized carbons (Fsp3) is 0.200. The van der Waals surface area contributed by atoms with E-state index in [0.29, 0.717) is 5.56 Å². The molecule has 1 rings (SSSR count). The standard InChI is InChI=1S/C10H10O3S/c1-14(12,13)10-6-4-9(5-7-10)3-2-8-11/h4-7,11H,8H2,1H3. The van der Waals surface area contributed by atoms with Crippen molar-refractivity contribution in [2.24, 2.45) is 0 Å². The van der Waals surface area contributed by atoms with Crippen molar-refractivity contribution in [2.75, 3.05) is 12.9 Å². The fourth-order valence-electron chi connectivity index (χ4n) is 0.927. The van der Waals surface area contributed by atoms with E-state index in [-0.39, 0.29) is 11.5 Å². The molecule has 0 saturated carbocycles. The predicted octanol–water partition coefficient (Wildman–Crippen LogP) is 0.434. The van der Waals surface area contributed by atoms with Crippen LogP contribution < -0.4 is 0 Å². The van der Waals surface area contributed by atoms with Crippen molar-refractivity contribution in [2.45, 2.75) is 4.90 Å². The first-order valence-electron chi connectivity index (χ1n) is 3.94. The first kappa shape index (κ1) is 10.8. The summed E-state index contributed by atoms with van der Waals surface area (Å²) in [7, 11) is -3.14. The van der Waals surface area contributed by atoms with Crippen LogP contribution in [0.1, 0.15) is 5.56 Å². The first-order valence-corrected chi connectivity index (χ1v) is 5.83. The molecule has 0 unspecified atom stereocenters. The Morgan fingerprint density at radius 3 is 2.29 bits per heavy atom. The first-order chi connectivity index (χ1) is 6.54. The highest BCUT2D eigenvalue weighted by Gasteiger charge is 2.04. The Bertz CT molecular complexity index is 460. The van der Waals surface area contributed by atoms with E-state index in [1.54, 1.807) is 12.1 Å². The second-order valence-electron chi connectivity index (χ2n) is 2.76. The molecule has 0 heterocycles. The van der Waals surface area contributed by atoms with Crippen molar-refractivity contribution in [1.29, 1.82) is 0 Å². The van der Waals surface area contributed by atoms with Gasteiger partial charge in [0.25, 0.3) is 0 Å². The maximum atomic E-state index is 11.1. The van der Waals surface area contributed by atoms with Crippen molar-refractivity contribution in [3.05, 3.63) is 29.8 Å². The molecule has 0 saturated heterocycles. The minimum atomic E-state index is -3.14. The number of benzene rings is 1. The molecule has 0 aromatic heterocycles. The summed E-state index contributed by atoms with van der Waals surface area (Å²) in [6.07, 6.45) is 1.15. The Hall–Kier alpha value is -1.31. The second kappa shape index (κ2) is 4.27. The Morgan fingerprint density at radius 1 is 1.29 bits per heavy atom. The van der Waals surface area contributed by atoms with E-state index in [4.69, 9.17) is 5.11 Å². The van der Waals surface area contributed by atoms with Gasteiger partial charge in [0.15, 0.2) is 9.84 Å². The van der Waals surface area contributed by atoms with Gasteiger partial charge in [-0.25, -0.2) is 8.42 Å². The van der Waals surface area contributed by atoms with E-state index < -0.39 is 9.84 Å². The van der Waals surface area contributed by atoms with Gasteiger partial charge < -0.3 is 5.11 Å². The lowest BCUT2D eigenvalue weighted by Crippen LogP contribution is -1.96. The minimum absolute atomic E-state index is 0.201. The molecule has 4 heteroatoms. The summed E-state index contributed by atoms with van der Waals surface area (Å²) in [5.74, 6) is 5.16. The molecule has 0 bridgehead atoms. The molecule has 0 amide bonds. The van der Waals surface area contributed by atoms with E-state index >= 15 is 0 Å². The van der Waals surface area contributed by atoms with Gasteiger partial charge in [0, 0.05) is 11.8 Å². The van der Waals surface area contributed by atoms with Crippen LogP contribution in [0.25, 0.3) is 0 Å². The van der Waals surface area contributed by atoms with Gasteiger partial charge in [-0.1, -0.05) is 11.8 Å².